The maximum absolute atomic E-state index is 12.1. The summed E-state index contributed by atoms with van der Waals surface area (Å²) in [6.45, 7) is 4.13. The van der Waals surface area contributed by atoms with Gasteiger partial charge in [0.25, 0.3) is 0 Å². The van der Waals surface area contributed by atoms with Crippen LogP contribution in [0, 0.1) is 0 Å². The van der Waals surface area contributed by atoms with Gasteiger partial charge in [-0.05, 0) is 38.5 Å². The normalized spacial score (nSPS) is 12.2. The fourth-order valence-corrected chi connectivity index (χ4v) is 5.25. The number of unbranched alkanes of at least 4 members (excludes halogenated alkanes) is 23. The minimum Gasteiger partial charge on any atom is -0.462 e. The van der Waals surface area contributed by atoms with Gasteiger partial charge in [-0.1, -0.05) is 154 Å². The Morgan fingerprint density at radius 2 is 0.881 bits per heavy atom. The molecular weight excluding hydrogens is 524 g/mol. The molecule has 0 bridgehead atoms. The van der Waals surface area contributed by atoms with Gasteiger partial charge in [0, 0.05) is 12.8 Å². The molecule has 42 heavy (non-hydrogen) atoms. The summed E-state index contributed by atoms with van der Waals surface area (Å²) in [5.74, 6) is -0.593. The van der Waals surface area contributed by atoms with E-state index in [-0.39, 0.29) is 25.2 Å². The highest BCUT2D eigenvalue weighted by Crippen LogP contribution is 2.14. The number of aliphatic hydroxyl groups excluding tert-OH is 1. The average molecular weight is 595 g/mol. The van der Waals surface area contributed by atoms with E-state index >= 15 is 0 Å². The molecule has 0 aliphatic heterocycles. The first kappa shape index (κ1) is 40.6. The van der Waals surface area contributed by atoms with Crippen LogP contribution in [0.25, 0.3) is 0 Å². The van der Waals surface area contributed by atoms with Gasteiger partial charge in [-0.2, -0.15) is 0 Å². The van der Waals surface area contributed by atoms with Crippen molar-refractivity contribution in [2.24, 2.45) is 0 Å². The molecule has 5 heteroatoms. The molecular formula is C37H70O5. The third-order valence-corrected chi connectivity index (χ3v) is 8.06. The predicted octanol–water partition coefficient (Wildman–Crippen LogP) is 11.0. The molecule has 0 aliphatic carbocycles. The molecule has 0 spiro atoms. The van der Waals surface area contributed by atoms with Crippen molar-refractivity contribution in [3.05, 3.63) is 12.2 Å². The molecule has 0 amide bonds. The lowest BCUT2D eigenvalue weighted by molar-refractivity contribution is -0.161. The Labute approximate surface area is 261 Å². The predicted molar refractivity (Wildman–Crippen MR) is 178 cm³/mol. The van der Waals surface area contributed by atoms with Crippen LogP contribution in [-0.2, 0) is 19.1 Å². The van der Waals surface area contributed by atoms with Crippen LogP contribution in [0.3, 0.4) is 0 Å². The molecule has 0 fully saturated rings. The molecule has 0 saturated carbocycles. The van der Waals surface area contributed by atoms with Crippen LogP contribution in [-0.4, -0.2) is 36.4 Å². The molecule has 0 heterocycles. The van der Waals surface area contributed by atoms with Crippen LogP contribution in [0.1, 0.15) is 194 Å². The monoisotopic (exact) mass is 595 g/mol. The second kappa shape index (κ2) is 34.1. The lowest BCUT2D eigenvalue weighted by atomic mass is 10.0. The van der Waals surface area contributed by atoms with E-state index in [0.29, 0.717) is 12.8 Å². The first-order chi connectivity index (χ1) is 20.6. The molecule has 1 unspecified atom stereocenters. The summed E-state index contributed by atoms with van der Waals surface area (Å²) in [6, 6.07) is 0. The number of hydrogen-bond donors (Lipinski definition) is 1. The van der Waals surface area contributed by atoms with Crippen molar-refractivity contribution in [3.63, 3.8) is 0 Å². The van der Waals surface area contributed by atoms with Crippen LogP contribution >= 0.6 is 0 Å². The topological polar surface area (TPSA) is 72.8 Å². The van der Waals surface area contributed by atoms with Gasteiger partial charge in [-0.25, -0.2) is 0 Å². The summed E-state index contributed by atoms with van der Waals surface area (Å²) in [5, 5.41) is 9.52. The lowest BCUT2D eigenvalue weighted by Gasteiger charge is -2.15. The summed E-state index contributed by atoms with van der Waals surface area (Å²) in [4.78, 5) is 24.1. The molecule has 0 aromatic heterocycles. The van der Waals surface area contributed by atoms with E-state index in [0.717, 1.165) is 44.9 Å². The lowest BCUT2D eigenvalue weighted by Crippen LogP contribution is -2.28. The van der Waals surface area contributed by atoms with Crippen molar-refractivity contribution in [2.45, 2.75) is 200 Å². The number of rotatable bonds is 33. The maximum atomic E-state index is 12.1. The number of carbonyl (C=O) groups is 2. The second-order valence-electron chi connectivity index (χ2n) is 12.3. The molecule has 0 radical (unpaired) electrons. The highest BCUT2D eigenvalue weighted by Gasteiger charge is 2.16. The van der Waals surface area contributed by atoms with E-state index in [1.54, 1.807) is 0 Å². The van der Waals surface area contributed by atoms with Gasteiger partial charge in [0.05, 0.1) is 6.61 Å². The smallest absolute Gasteiger partial charge is 0.306 e. The van der Waals surface area contributed by atoms with Crippen molar-refractivity contribution in [3.8, 4) is 0 Å². The van der Waals surface area contributed by atoms with Crippen molar-refractivity contribution < 1.29 is 24.2 Å². The first-order valence-corrected chi connectivity index (χ1v) is 18.2. The summed E-state index contributed by atoms with van der Waals surface area (Å²) in [6.07, 6.45) is 36.9. The second-order valence-corrected chi connectivity index (χ2v) is 12.3. The van der Waals surface area contributed by atoms with Crippen LogP contribution in [0.4, 0.5) is 0 Å². The van der Waals surface area contributed by atoms with Gasteiger partial charge in [-0.3, -0.25) is 9.59 Å². The minimum absolute atomic E-state index is 0.0636. The molecule has 0 rings (SSSR count). The quantitative estimate of drug-likeness (QED) is 0.0465. The Hall–Kier alpha value is -1.36. The van der Waals surface area contributed by atoms with Crippen LogP contribution < -0.4 is 0 Å². The van der Waals surface area contributed by atoms with Crippen molar-refractivity contribution in [1.29, 1.82) is 0 Å². The van der Waals surface area contributed by atoms with Crippen LogP contribution in [0.15, 0.2) is 12.2 Å². The molecule has 5 nitrogen and oxygen atoms in total. The van der Waals surface area contributed by atoms with Crippen LogP contribution in [0.2, 0.25) is 0 Å². The molecule has 0 saturated heterocycles. The summed E-state index contributed by atoms with van der Waals surface area (Å²) >= 11 is 0. The standard InChI is InChI=1S/C37H70O5/c1-3-5-7-9-11-13-15-17-18-20-22-24-26-28-30-32-37(40)42-35(33-38)34-41-36(39)31-29-27-25-23-21-19-16-14-12-10-8-6-4-2/h17-18,35,38H,3-16,19-34H2,1-2H3/b18-17+. The number of esters is 2. The maximum Gasteiger partial charge on any atom is 0.306 e. The SMILES string of the molecule is CCCCCCCC/C=C/CCCCCCCC(=O)OC(CO)COC(=O)CCCCCCCCCCCCCCC. The van der Waals surface area contributed by atoms with Crippen molar-refractivity contribution >= 4 is 11.9 Å². The zero-order valence-corrected chi connectivity index (χ0v) is 28.0. The van der Waals surface area contributed by atoms with Gasteiger partial charge in [-0.15, -0.1) is 0 Å². The van der Waals surface area contributed by atoms with Gasteiger partial charge in [0.15, 0.2) is 6.10 Å². The Balaban J connectivity index is 3.55. The van der Waals surface area contributed by atoms with E-state index in [1.165, 1.54) is 122 Å². The van der Waals surface area contributed by atoms with Crippen molar-refractivity contribution in [2.75, 3.05) is 13.2 Å². The molecule has 248 valence electrons. The minimum atomic E-state index is -0.767. The number of carbonyl (C=O) groups excluding carboxylic acids is 2. The fourth-order valence-electron chi connectivity index (χ4n) is 5.25. The van der Waals surface area contributed by atoms with Crippen LogP contribution in [0.5, 0.6) is 0 Å². The van der Waals surface area contributed by atoms with Gasteiger partial charge >= 0.3 is 11.9 Å². The number of hydrogen-bond acceptors (Lipinski definition) is 5. The largest absolute Gasteiger partial charge is 0.462 e. The van der Waals surface area contributed by atoms with Gasteiger partial charge in [0.1, 0.15) is 6.61 Å². The number of aliphatic hydroxyl groups is 1. The molecule has 0 aliphatic rings. The number of allylic oxidation sites excluding steroid dienone is 2. The van der Waals surface area contributed by atoms with E-state index < -0.39 is 6.10 Å². The third kappa shape index (κ3) is 31.6. The van der Waals surface area contributed by atoms with Crippen molar-refractivity contribution in [1.82, 2.24) is 0 Å². The molecule has 0 aromatic carbocycles. The molecule has 1 N–H and O–H groups in total. The summed E-state index contributed by atoms with van der Waals surface area (Å²) in [7, 11) is 0. The Morgan fingerprint density at radius 1 is 0.524 bits per heavy atom. The fraction of sp³-hybridized carbons (Fsp3) is 0.892. The van der Waals surface area contributed by atoms with E-state index in [9.17, 15) is 14.7 Å². The van der Waals surface area contributed by atoms with Gasteiger partial charge in [0.2, 0.25) is 0 Å². The highest BCUT2D eigenvalue weighted by atomic mass is 16.6. The molecule has 1 atom stereocenters. The first-order valence-electron chi connectivity index (χ1n) is 18.2. The Morgan fingerprint density at radius 3 is 1.29 bits per heavy atom. The van der Waals surface area contributed by atoms with Gasteiger partial charge < -0.3 is 14.6 Å². The summed E-state index contributed by atoms with van der Waals surface area (Å²) in [5.41, 5.74) is 0. The number of ether oxygens (including phenoxy) is 2. The van der Waals surface area contributed by atoms with E-state index in [2.05, 4.69) is 26.0 Å². The third-order valence-electron chi connectivity index (χ3n) is 8.06. The average Bonchev–Trinajstić information content (AvgIpc) is 2.99. The van der Waals surface area contributed by atoms with E-state index in [1.807, 2.05) is 0 Å². The summed E-state index contributed by atoms with van der Waals surface area (Å²) < 4.78 is 10.6. The molecule has 0 aromatic rings. The zero-order chi connectivity index (χ0) is 30.8. The Bertz CT molecular complexity index is 603. The zero-order valence-electron chi connectivity index (χ0n) is 28.0. The Kier molecular flexibility index (Phi) is 33.0. The van der Waals surface area contributed by atoms with E-state index in [4.69, 9.17) is 9.47 Å². The highest BCUT2D eigenvalue weighted by molar-refractivity contribution is 5.70.